The summed E-state index contributed by atoms with van der Waals surface area (Å²) < 4.78 is 1.05. The maximum Gasteiger partial charge on any atom is 0.230 e. The van der Waals surface area contributed by atoms with E-state index in [1.165, 1.54) is 24.8 Å². The number of nitrogens with zero attached hydrogens (tertiary/aromatic N) is 1. The summed E-state index contributed by atoms with van der Waals surface area (Å²) in [6, 6.07) is 6.63. The van der Waals surface area contributed by atoms with Gasteiger partial charge in [0.1, 0.15) is 0 Å². The highest BCUT2D eigenvalue weighted by atomic mass is 79.9. The molecule has 1 aromatic carbocycles. The summed E-state index contributed by atoms with van der Waals surface area (Å²) in [5.41, 5.74) is 8.77. The molecule has 0 radical (unpaired) electrons. The highest BCUT2D eigenvalue weighted by molar-refractivity contribution is 9.10. The van der Waals surface area contributed by atoms with Crippen LogP contribution in [0.25, 0.3) is 0 Å². The van der Waals surface area contributed by atoms with E-state index in [1.54, 1.807) is 0 Å². The van der Waals surface area contributed by atoms with Crippen LogP contribution in [-0.4, -0.2) is 18.5 Å². The fraction of sp³-hybridized carbons (Fsp3) is 0.611. The summed E-state index contributed by atoms with van der Waals surface area (Å²) in [5.74, 6) is 1.64. The number of halogens is 1. The van der Waals surface area contributed by atoms with Crippen molar-refractivity contribution in [3.8, 4) is 0 Å². The Labute approximate surface area is 140 Å². The minimum absolute atomic E-state index is 0.181. The van der Waals surface area contributed by atoms with E-state index in [1.807, 2.05) is 4.90 Å². The van der Waals surface area contributed by atoms with E-state index in [0.717, 1.165) is 36.0 Å². The van der Waals surface area contributed by atoms with Crippen LogP contribution < -0.4 is 10.6 Å². The first-order valence-electron chi connectivity index (χ1n) is 8.49. The lowest BCUT2D eigenvalue weighted by Crippen LogP contribution is -2.49. The molecule has 22 heavy (non-hydrogen) atoms. The first-order valence-corrected chi connectivity index (χ1v) is 9.28. The molecule has 2 N–H and O–H groups in total. The van der Waals surface area contributed by atoms with Crippen molar-refractivity contribution >= 4 is 27.5 Å². The Hall–Kier alpha value is -0.870. The zero-order valence-electron chi connectivity index (χ0n) is 12.8. The minimum Gasteiger partial charge on any atom is -0.327 e. The van der Waals surface area contributed by atoms with Crippen LogP contribution in [0, 0.1) is 17.8 Å². The molecule has 1 amide bonds. The number of carbonyl (C=O) groups excluding carboxylic acids is 1. The molecule has 4 heteroatoms. The van der Waals surface area contributed by atoms with Gasteiger partial charge in [0, 0.05) is 28.7 Å². The lowest BCUT2D eigenvalue weighted by Gasteiger charge is -2.44. The van der Waals surface area contributed by atoms with Crippen LogP contribution in [0.2, 0.25) is 0 Å². The fourth-order valence-electron chi connectivity index (χ4n) is 4.79. The Morgan fingerprint density at radius 1 is 1.23 bits per heavy atom. The molecule has 1 aromatic rings. The predicted octanol–water partition coefficient (Wildman–Crippen LogP) is 3.49. The number of hydrogen-bond acceptors (Lipinski definition) is 2. The van der Waals surface area contributed by atoms with E-state index < -0.39 is 0 Å². The topological polar surface area (TPSA) is 46.3 Å². The van der Waals surface area contributed by atoms with Crippen LogP contribution in [-0.2, 0) is 11.2 Å². The van der Waals surface area contributed by atoms with Gasteiger partial charge in [0.15, 0.2) is 0 Å². The molecule has 2 unspecified atom stereocenters. The summed E-state index contributed by atoms with van der Waals surface area (Å²) in [7, 11) is 0. The van der Waals surface area contributed by atoms with Crippen molar-refractivity contribution in [3.63, 3.8) is 0 Å². The van der Waals surface area contributed by atoms with Gasteiger partial charge in [-0.25, -0.2) is 0 Å². The second kappa shape index (κ2) is 5.64. The molecule has 1 aliphatic heterocycles. The number of hydrogen-bond donors (Lipinski definition) is 1. The SMILES string of the molecule is NC1C2CCCC1CC(C(=O)N1CCc3ccc(Br)cc31)C2. The molecule has 2 aliphatic carbocycles. The number of anilines is 1. The van der Waals surface area contributed by atoms with Crippen molar-refractivity contribution < 1.29 is 4.79 Å². The van der Waals surface area contributed by atoms with Gasteiger partial charge in [-0.1, -0.05) is 28.4 Å². The zero-order chi connectivity index (χ0) is 15.3. The van der Waals surface area contributed by atoms with Gasteiger partial charge in [0.2, 0.25) is 5.91 Å². The summed E-state index contributed by atoms with van der Waals surface area (Å²) >= 11 is 3.53. The van der Waals surface area contributed by atoms with Crippen LogP contribution in [0.1, 0.15) is 37.7 Å². The third-order valence-corrected chi connectivity index (χ3v) is 6.46. The highest BCUT2D eigenvalue weighted by Crippen LogP contribution is 2.43. The monoisotopic (exact) mass is 362 g/mol. The molecule has 3 nitrogen and oxygen atoms in total. The Morgan fingerprint density at radius 3 is 2.68 bits per heavy atom. The number of amides is 1. The number of carbonyl (C=O) groups is 1. The highest BCUT2D eigenvalue weighted by Gasteiger charge is 2.42. The molecule has 0 aromatic heterocycles. The van der Waals surface area contributed by atoms with Crippen LogP contribution in [0.4, 0.5) is 5.69 Å². The van der Waals surface area contributed by atoms with Crippen molar-refractivity contribution in [3.05, 3.63) is 28.2 Å². The lowest BCUT2D eigenvalue weighted by atomic mass is 9.65. The minimum atomic E-state index is 0.181. The van der Waals surface area contributed by atoms with Crippen molar-refractivity contribution in [2.45, 2.75) is 44.6 Å². The second-order valence-corrected chi connectivity index (χ2v) is 8.13. The van der Waals surface area contributed by atoms with E-state index in [0.29, 0.717) is 23.8 Å². The molecule has 0 spiro atoms. The molecule has 0 saturated heterocycles. The summed E-state index contributed by atoms with van der Waals surface area (Å²) in [4.78, 5) is 15.1. The van der Waals surface area contributed by atoms with Crippen molar-refractivity contribution in [2.75, 3.05) is 11.4 Å². The molecule has 118 valence electrons. The van der Waals surface area contributed by atoms with Gasteiger partial charge in [0.05, 0.1) is 0 Å². The molecule has 2 fully saturated rings. The third kappa shape index (κ3) is 2.41. The largest absolute Gasteiger partial charge is 0.327 e. The Bertz CT molecular complexity index is 589. The van der Waals surface area contributed by atoms with Crippen molar-refractivity contribution in [2.24, 2.45) is 23.5 Å². The average molecular weight is 363 g/mol. The summed E-state index contributed by atoms with van der Waals surface area (Å²) in [5, 5.41) is 0. The Morgan fingerprint density at radius 2 is 1.95 bits per heavy atom. The van der Waals surface area contributed by atoms with Crippen LogP contribution in [0.5, 0.6) is 0 Å². The Balaban J connectivity index is 1.55. The number of rotatable bonds is 1. The van der Waals surface area contributed by atoms with E-state index >= 15 is 0 Å². The van der Waals surface area contributed by atoms with Gasteiger partial charge in [0.25, 0.3) is 0 Å². The van der Waals surface area contributed by atoms with Crippen LogP contribution >= 0.6 is 15.9 Å². The van der Waals surface area contributed by atoms with E-state index in [-0.39, 0.29) is 5.92 Å². The smallest absolute Gasteiger partial charge is 0.230 e. The molecular weight excluding hydrogens is 340 g/mol. The molecule has 4 rings (SSSR count). The normalized spacial score (nSPS) is 33.6. The zero-order valence-corrected chi connectivity index (χ0v) is 14.4. The van der Waals surface area contributed by atoms with Gasteiger partial charge in [-0.05, 0) is 61.6 Å². The quantitative estimate of drug-likeness (QED) is 0.830. The lowest BCUT2D eigenvalue weighted by molar-refractivity contribution is -0.125. The van der Waals surface area contributed by atoms with Crippen molar-refractivity contribution in [1.29, 1.82) is 0 Å². The average Bonchev–Trinajstić information content (AvgIpc) is 2.89. The summed E-state index contributed by atoms with van der Waals surface area (Å²) in [6.45, 7) is 0.836. The fourth-order valence-corrected chi connectivity index (χ4v) is 5.14. The third-order valence-electron chi connectivity index (χ3n) is 5.97. The van der Waals surface area contributed by atoms with Crippen LogP contribution in [0.3, 0.4) is 0 Å². The number of benzene rings is 1. The van der Waals surface area contributed by atoms with Gasteiger partial charge in [-0.15, -0.1) is 0 Å². The van der Waals surface area contributed by atoms with E-state index in [9.17, 15) is 4.79 Å². The molecule has 1 heterocycles. The van der Waals surface area contributed by atoms with Gasteiger partial charge >= 0.3 is 0 Å². The maximum atomic E-state index is 13.1. The molecule has 3 aliphatic rings. The number of fused-ring (bicyclic) bond motifs is 3. The van der Waals surface area contributed by atoms with Gasteiger partial charge in [-0.2, -0.15) is 0 Å². The molecule has 2 saturated carbocycles. The summed E-state index contributed by atoms with van der Waals surface area (Å²) in [6.07, 6.45) is 6.69. The molecular formula is C18H23BrN2O. The van der Waals surface area contributed by atoms with Crippen molar-refractivity contribution in [1.82, 2.24) is 0 Å². The van der Waals surface area contributed by atoms with Gasteiger partial charge < -0.3 is 10.6 Å². The standard InChI is InChI=1S/C18H23BrN2O/c19-15-5-4-11-6-7-21(16(11)10-15)18(22)14-8-12-2-1-3-13(9-14)17(12)20/h4-5,10,12-14,17H,1-3,6-9,20H2. The predicted molar refractivity (Wildman–Crippen MR) is 91.7 cm³/mol. The van der Waals surface area contributed by atoms with E-state index in [2.05, 4.69) is 34.1 Å². The first kappa shape index (κ1) is 14.7. The first-order chi connectivity index (χ1) is 10.6. The maximum absolute atomic E-state index is 13.1. The van der Waals surface area contributed by atoms with Crippen LogP contribution in [0.15, 0.2) is 22.7 Å². The van der Waals surface area contributed by atoms with E-state index in [4.69, 9.17) is 5.73 Å². The van der Waals surface area contributed by atoms with Gasteiger partial charge in [-0.3, -0.25) is 4.79 Å². The second-order valence-electron chi connectivity index (χ2n) is 7.21. The number of nitrogens with two attached hydrogens (primary N) is 1. The Kier molecular flexibility index (Phi) is 3.77. The molecule has 2 atom stereocenters. The molecule has 2 bridgehead atoms.